The van der Waals surface area contributed by atoms with E-state index in [1.165, 1.54) is 0 Å². The molecule has 1 N–H and O–H groups in total. The lowest BCUT2D eigenvalue weighted by Crippen LogP contribution is -2.21. The molecule has 0 saturated heterocycles. The van der Waals surface area contributed by atoms with Crippen molar-refractivity contribution in [2.75, 3.05) is 0 Å². The van der Waals surface area contributed by atoms with E-state index in [4.69, 9.17) is 0 Å². The molecule has 3 heteroatoms. The fourth-order valence-electron chi connectivity index (χ4n) is 1.27. The highest BCUT2D eigenvalue weighted by Crippen LogP contribution is 2.19. The molecule has 0 bridgehead atoms. The Morgan fingerprint density at radius 2 is 1.87 bits per heavy atom. The third-order valence-corrected chi connectivity index (χ3v) is 2.36. The third-order valence-electron chi connectivity index (χ3n) is 2.36. The van der Waals surface area contributed by atoms with Crippen LogP contribution in [0.25, 0.3) is 0 Å². The average molecular weight is 210 g/mol. The highest BCUT2D eigenvalue weighted by molar-refractivity contribution is 5.10. The Kier molecular flexibility index (Phi) is 3.24. The highest BCUT2D eigenvalue weighted by Gasteiger charge is 2.17. The zero-order chi connectivity index (χ0) is 11.7. The standard InChI is InChI=1S/C12H22N2O/c1-11(2,3)10-6-8-14(13-10)9-7-12(4,5)15/h6,8,15H,7,9H2,1-5H3. The summed E-state index contributed by atoms with van der Waals surface area (Å²) >= 11 is 0. The van der Waals surface area contributed by atoms with E-state index < -0.39 is 5.60 Å². The van der Waals surface area contributed by atoms with Crippen LogP contribution in [0, 0.1) is 0 Å². The van der Waals surface area contributed by atoms with Crippen LogP contribution in [-0.4, -0.2) is 20.5 Å². The van der Waals surface area contributed by atoms with Gasteiger partial charge in [0.1, 0.15) is 0 Å². The maximum absolute atomic E-state index is 9.60. The average Bonchev–Trinajstić information content (AvgIpc) is 2.45. The van der Waals surface area contributed by atoms with E-state index in [9.17, 15) is 5.11 Å². The lowest BCUT2D eigenvalue weighted by Gasteiger charge is -2.17. The molecule has 0 spiro atoms. The fraction of sp³-hybridized carbons (Fsp3) is 0.750. The molecular formula is C12H22N2O. The first-order chi connectivity index (χ1) is 6.68. The molecule has 0 aliphatic carbocycles. The molecule has 0 atom stereocenters. The van der Waals surface area contributed by atoms with Crippen LogP contribution in [0.5, 0.6) is 0 Å². The van der Waals surface area contributed by atoms with Gasteiger partial charge in [-0.25, -0.2) is 0 Å². The molecule has 1 rings (SSSR count). The SMILES string of the molecule is CC(C)(O)CCn1ccc(C(C)(C)C)n1. The lowest BCUT2D eigenvalue weighted by atomic mass is 9.93. The number of aliphatic hydroxyl groups is 1. The van der Waals surface area contributed by atoms with Crippen molar-refractivity contribution >= 4 is 0 Å². The third kappa shape index (κ3) is 4.04. The smallest absolute Gasteiger partial charge is 0.0677 e. The van der Waals surface area contributed by atoms with Gasteiger partial charge >= 0.3 is 0 Å². The van der Waals surface area contributed by atoms with E-state index in [2.05, 4.69) is 25.9 Å². The Balaban J connectivity index is 2.62. The zero-order valence-electron chi connectivity index (χ0n) is 10.4. The molecule has 0 aromatic carbocycles. The molecule has 15 heavy (non-hydrogen) atoms. The van der Waals surface area contributed by atoms with E-state index >= 15 is 0 Å². The van der Waals surface area contributed by atoms with Gasteiger partial charge in [-0.05, 0) is 26.3 Å². The van der Waals surface area contributed by atoms with Crippen LogP contribution in [0.15, 0.2) is 12.3 Å². The molecule has 3 nitrogen and oxygen atoms in total. The Morgan fingerprint density at radius 1 is 1.27 bits per heavy atom. The van der Waals surface area contributed by atoms with Gasteiger partial charge in [-0.2, -0.15) is 5.10 Å². The van der Waals surface area contributed by atoms with Gasteiger partial charge in [0.25, 0.3) is 0 Å². The van der Waals surface area contributed by atoms with E-state index in [0.29, 0.717) is 0 Å². The van der Waals surface area contributed by atoms with Gasteiger partial charge in [0.15, 0.2) is 0 Å². The number of rotatable bonds is 3. The van der Waals surface area contributed by atoms with E-state index in [0.717, 1.165) is 18.7 Å². The minimum Gasteiger partial charge on any atom is -0.390 e. The van der Waals surface area contributed by atoms with Crippen molar-refractivity contribution in [3.05, 3.63) is 18.0 Å². The second kappa shape index (κ2) is 3.97. The fourth-order valence-corrected chi connectivity index (χ4v) is 1.27. The van der Waals surface area contributed by atoms with Gasteiger partial charge in [0, 0.05) is 18.2 Å². The number of hydrogen-bond donors (Lipinski definition) is 1. The van der Waals surface area contributed by atoms with Crippen molar-refractivity contribution in [3.8, 4) is 0 Å². The molecule has 0 radical (unpaired) electrons. The second-order valence-corrected chi connectivity index (χ2v) is 5.78. The molecule has 0 amide bonds. The van der Waals surface area contributed by atoms with Crippen LogP contribution in [0.4, 0.5) is 0 Å². The van der Waals surface area contributed by atoms with E-state index in [-0.39, 0.29) is 5.41 Å². The molecule has 0 aliphatic heterocycles. The van der Waals surface area contributed by atoms with Gasteiger partial charge in [-0.3, -0.25) is 4.68 Å². The minimum atomic E-state index is -0.617. The second-order valence-electron chi connectivity index (χ2n) is 5.78. The summed E-state index contributed by atoms with van der Waals surface area (Å²) in [5, 5.41) is 14.1. The van der Waals surface area contributed by atoms with E-state index in [1.54, 1.807) is 0 Å². The zero-order valence-corrected chi connectivity index (χ0v) is 10.4. The Labute approximate surface area is 92.1 Å². The lowest BCUT2D eigenvalue weighted by molar-refractivity contribution is 0.0650. The van der Waals surface area contributed by atoms with Crippen LogP contribution in [0.3, 0.4) is 0 Å². The Hall–Kier alpha value is -0.830. The predicted molar refractivity (Wildman–Crippen MR) is 61.8 cm³/mol. The monoisotopic (exact) mass is 210 g/mol. The first kappa shape index (κ1) is 12.2. The topological polar surface area (TPSA) is 38.0 Å². The van der Waals surface area contributed by atoms with Crippen molar-refractivity contribution in [3.63, 3.8) is 0 Å². The first-order valence-electron chi connectivity index (χ1n) is 5.45. The number of hydrogen-bond acceptors (Lipinski definition) is 2. The summed E-state index contributed by atoms with van der Waals surface area (Å²) in [6.07, 6.45) is 2.70. The largest absolute Gasteiger partial charge is 0.390 e. The summed E-state index contributed by atoms with van der Waals surface area (Å²) in [5.74, 6) is 0. The Bertz CT molecular complexity index is 315. The molecule has 1 aromatic heterocycles. The van der Waals surface area contributed by atoms with Crippen LogP contribution in [-0.2, 0) is 12.0 Å². The normalized spacial score (nSPS) is 13.2. The molecule has 0 unspecified atom stereocenters. The summed E-state index contributed by atoms with van der Waals surface area (Å²) in [5.41, 5.74) is 0.576. The molecule has 86 valence electrons. The van der Waals surface area contributed by atoms with Crippen LogP contribution >= 0.6 is 0 Å². The maximum atomic E-state index is 9.60. The molecular weight excluding hydrogens is 188 g/mol. The summed E-state index contributed by atoms with van der Waals surface area (Å²) in [4.78, 5) is 0. The van der Waals surface area contributed by atoms with Gasteiger partial charge in [-0.15, -0.1) is 0 Å². The summed E-state index contributed by atoms with van der Waals surface area (Å²) in [7, 11) is 0. The molecule has 1 heterocycles. The summed E-state index contributed by atoms with van der Waals surface area (Å²) < 4.78 is 1.90. The summed E-state index contributed by atoms with van der Waals surface area (Å²) in [6.45, 7) is 10.9. The quantitative estimate of drug-likeness (QED) is 0.831. The van der Waals surface area contributed by atoms with Crippen molar-refractivity contribution in [1.82, 2.24) is 9.78 Å². The van der Waals surface area contributed by atoms with Crippen LogP contribution < -0.4 is 0 Å². The highest BCUT2D eigenvalue weighted by atomic mass is 16.3. The van der Waals surface area contributed by atoms with Crippen molar-refractivity contribution < 1.29 is 5.11 Å². The molecule has 1 aromatic rings. The molecule has 0 saturated carbocycles. The van der Waals surface area contributed by atoms with Gasteiger partial charge in [0.05, 0.1) is 11.3 Å². The number of aromatic nitrogens is 2. The van der Waals surface area contributed by atoms with Crippen molar-refractivity contribution in [1.29, 1.82) is 0 Å². The number of aryl methyl sites for hydroxylation is 1. The maximum Gasteiger partial charge on any atom is 0.0677 e. The van der Waals surface area contributed by atoms with Crippen LogP contribution in [0.2, 0.25) is 0 Å². The molecule has 0 aliphatic rings. The van der Waals surface area contributed by atoms with Crippen molar-refractivity contribution in [2.45, 2.75) is 58.6 Å². The number of nitrogens with zero attached hydrogens (tertiary/aromatic N) is 2. The molecule has 0 fully saturated rings. The van der Waals surface area contributed by atoms with E-state index in [1.807, 2.05) is 30.8 Å². The van der Waals surface area contributed by atoms with Crippen LogP contribution in [0.1, 0.15) is 46.7 Å². The summed E-state index contributed by atoms with van der Waals surface area (Å²) in [6, 6.07) is 2.05. The van der Waals surface area contributed by atoms with Crippen molar-refractivity contribution in [2.24, 2.45) is 0 Å². The first-order valence-corrected chi connectivity index (χ1v) is 5.45. The van der Waals surface area contributed by atoms with Gasteiger partial charge in [-0.1, -0.05) is 20.8 Å². The minimum absolute atomic E-state index is 0.0972. The van der Waals surface area contributed by atoms with Gasteiger partial charge < -0.3 is 5.11 Å². The van der Waals surface area contributed by atoms with Gasteiger partial charge in [0.2, 0.25) is 0 Å². The predicted octanol–water partition coefficient (Wildman–Crippen LogP) is 2.34. The Morgan fingerprint density at radius 3 is 2.27 bits per heavy atom.